The van der Waals surface area contributed by atoms with Crippen molar-refractivity contribution in [2.45, 2.75) is 51.6 Å². The summed E-state index contributed by atoms with van der Waals surface area (Å²) in [7, 11) is 1.90. The van der Waals surface area contributed by atoms with E-state index < -0.39 is 6.10 Å². The molecule has 1 saturated carbocycles. The molecule has 0 bridgehead atoms. The van der Waals surface area contributed by atoms with Crippen LogP contribution in [0.4, 0.5) is 0 Å². The predicted molar refractivity (Wildman–Crippen MR) is 72.2 cm³/mol. The highest BCUT2D eigenvalue weighted by molar-refractivity contribution is 5.28. The number of aliphatic hydroxyl groups excluding tert-OH is 1. The van der Waals surface area contributed by atoms with Crippen LogP contribution in [0.3, 0.4) is 0 Å². The minimum atomic E-state index is -0.487. The lowest BCUT2D eigenvalue weighted by atomic mass is 9.63. The van der Waals surface area contributed by atoms with Gasteiger partial charge in [0, 0.05) is 36.2 Å². The second-order valence-electron chi connectivity index (χ2n) is 6.68. The molecule has 0 saturated heterocycles. The fourth-order valence-electron chi connectivity index (χ4n) is 2.84. The van der Waals surface area contributed by atoms with Gasteiger partial charge in [0.25, 0.3) is 0 Å². The van der Waals surface area contributed by atoms with E-state index in [-0.39, 0.29) is 10.8 Å². The molecule has 1 fully saturated rings. The molecule has 0 aliphatic heterocycles. The van der Waals surface area contributed by atoms with E-state index in [1.807, 2.05) is 13.2 Å². The van der Waals surface area contributed by atoms with Crippen LogP contribution in [0.5, 0.6) is 0 Å². The summed E-state index contributed by atoms with van der Waals surface area (Å²) >= 11 is 0. The summed E-state index contributed by atoms with van der Waals surface area (Å²) in [5.74, 6) is 0. The van der Waals surface area contributed by atoms with Crippen LogP contribution in [0.1, 0.15) is 57.4 Å². The Kier molecular flexibility index (Phi) is 3.28. The van der Waals surface area contributed by atoms with Gasteiger partial charge in [-0.2, -0.15) is 5.10 Å². The van der Waals surface area contributed by atoms with Crippen LogP contribution in [0.25, 0.3) is 0 Å². The van der Waals surface area contributed by atoms with Crippen LogP contribution in [-0.2, 0) is 12.5 Å². The zero-order chi connectivity index (χ0) is 13.6. The average Bonchev–Trinajstić information content (AvgIpc) is 2.59. The first kappa shape index (κ1) is 13.6. The summed E-state index contributed by atoms with van der Waals surface area (Å²) in [4.78, 5) is 0. The highest BCUT2D eigenvalue weighted by Crippen LogP contribution is 2.50. The molecule has 1 atom stereocenters. The Bertz CT molecular complexity index is 421. The molecule has 102 valence electrons. The number of aromatic nitrogens is 2. The van der Waals surface area contributed by atoms with Gasteiger partial charge in [-0.3, -0.25) is 4.68 Å². The highest BCUT2D eigenvalue weighted by atomic mass is 16.3. The monoisotopic (exact) mass is 251 g/mol. The number of hydrogen-bond donors (Lipinski definition) is 2. The van der Waals surface area contributed by atoms with Gasteiger partial charge in [0.05, 0.1) is 11.8 Å². The van der Waals surface area contributed by atoms with E-state index in [2.05, 4.69) is 25.9 Å². The van der Waals surface area contributed by atoms with E-state index in [0.29, 0.717) is 6.54 Å². The molecule has 2 rings (SSSR count). The first-order valence-electron chi connectivity index (χ1n) is 6.72. The van der Waals surface area contributed by atoms with Crippen LogP contribution < -0.4 is 5.73 Å². The van der Waals surface area contributed by atoms with Crippen molar-refractivity contribution >= 4 is 0 Å². The molecular weight excluding hydrogens is 226 g/mol. The van der Waals surface area contributed by atoms with Crippen LogP contribution in [0, 0.1) is 5.41 Å². The smallest absolute Gasteiger partial charge is 0.0891 e. The average molecular weight is 251 g/mol. The molecule has 0 aromatic carbocycles. The topological polar surface area (TPSA) is 64.1 Å². The van der Waals surface area contributed by atoms with Crippen molar-refractivity contribution in [2.24, 2.45) is 18.2 Å². The van der Waals surface area contributed by atoms with Gasteiger partial charge in [0.1, 0.15) is 0 Å². The predicted octanol–water partition coefficient (Wildman–Crippen LogP) is 1.88. The summed E-state index contributed by atoms with van der Waals surface area (Å²) in [6.07, 6.45) is 4.66. The second kappa shape index (κ2) is 4.35. The Hall–Kier alpha value is -0.870. The second-order valence-corrected chi connectivity index (χ2v) is 6.68. The molecule has 1 unspecified atom stereocenters. The molecule has 1 aliphatic rings. The van der Waals surface area contributed by atoms with Crippen molar-refractivity contribution < 1.29 is 5.11 Å². The number of nitrogens with two attached hydrogens (primary N) is 1. The lowest BCUT2D eigenvalue weighted by Crippen LogP contribution is -2.43. The summed E-state index contributed by atoms with van der Waals surface area (Å²) in [5, 5.41) is 15.2. The number of nitrogens with zero attached hydrogens (tertiary/aromatic N) is 2. The number of aryl methyl sites for hydroxylation is 1. The molecule has 1 heterocycles. The normalized spacial score (nSPS) is 20.6. The van der Waals surface area contributed by atoms with E-state index >= 15 is 0 Å². The third-order valence-electron chi connectivity index (χ3n) is 4.20. The molecule has 3 N–H and O–H groups in total. The maximum atomic E-state index is 10.7. The number of rotatable bonds is 3. The van der Waals surface area contributed by atoms with Crippen molar-refractivity contribution in [1.82, 2.24) is 9.78 Å². The van der Waals surface area contributed by atoms with Gasteiger partial charge in [0.2, 0.25) is 0 Å². The summed E-state index contributed by atoms with van der Waals surface area (Å²) < 4.78 is 1.79. The Morgan fingerprint density at radius 1 is 1.50 bits per heavy atom. The van der Waals surface area contributed by atoms with Gasteiger partial charge >= 0.3 is 0 Å². The lowest BCUT2D eigenvalue weighted by molar-refractivity contribution is -0.0306. The molecule has 1 aromatic rings. The SMILES string of the molecule is Cn1cc(C(O)C2(CN)CCC2)c(C(C)(C)C)n1. The molecular formula is C14H25N3O. The van der Waals surface area contributed by atoms with Gasteiger partial charge in [-0.25, -0.2) is 0 Å². The van der Waals surface area contributed by atoms with Crippen LogP contribution in [-0.4, -0.2) is 21.4 Å². The van der Waals surface area contributed by atoms with Crippen molar-refractivity contribution in [3.63, 3.8) is 0 Å². The molecule has 0 spiro atoms. The quantitative estimate of drug-likeness (QED) is 0.862. The van der Waals surface area contributed by atoms with Gasteiger partial charge in [-0.1, -0.05) is 27.2 Å². The maximum Gasteiger partial charge on any atom is 0.0891 e. The molecule has 1 aliphatic carbocycles. The summed E-state index contributed by atoms with van der Waals surface area (Å²) in [5.41, 5.74) is 7.64. The zero-order valence-corrected chi connectivity index (χ0v) is 11.9. The molecule has 1 aromatic heterocycles. The Morgan fingerprint density at radius 3 is 2.50 bits per heavy atom. The van der Waals surface area contributed by atoms with E-state index in [1.165, 1.54) is 6.42 Å². The van der Waals surface area contributed by atoms with Gasteiger partial charge < -0.3 is 10.8 Å². The Labute approximate surface area is 109 Å². The molecule has 0 radical (unpaired) electrons. The Balaban J connectivity index is 2.39. The van der Waals surface area contributed by atoms with Crippen LogP contribution in [0.15, 0.2) is 6.20 Å². The largest absolute Gasteiger partial charge is 0.388 e. The molecule has 18 heavy (non-hydrogen) atoms. The molecule has 0 amide bonds. The minimum absolute atomic E-state index is 0.0584. The summed E-state index contributed by atoms with van der Waals surface area (Å²) in [6.45, 7) is 6.93. The standard InChI is InChI=1S/C14H25N3O/c1-13(2,3)11-10(8-17(4)16-11)12(18)14(9-15)6-5-7-14/h8,12,18H,5-7,9,15H2,1-4H3. The van der Waals surface area contributed by atoms with E-state index in [1.54, 1.807) is 4.68 Å². The van der Waals surface area contributed by atoms with Gasteiger partial charge in [0.15, 0.2) is 0 Å². The Morgan fingerprint density at radius 2 is 2.11 bits per heavy atom. The minimum Gasteiger partial charge on any atom is -0.388 e. The number of aliphatic hydroxyl groups is 1. The van der Waals surface area contributed by atoms with E-state index in [0.717, 1.165) is 24.1 Å². The number of hydrogen-bond acceptors (Lipinski definition) is 3. The first-order valence-corrected chi connectivity index (χ1v) is 6.72. The maximum absolute atomic E-state index is 10.7. The summed E-state index contributed by atoms with van der Waals surface area (Å²) in [6, 6.07) is 0. The first-order chi connectivity index (χ1) is 8.30. The fourth-order valence-corrected chi connectivity index (χ4v) is 2.84. The van der Waals surface area contributed by atoms with Gasteiger partial charge in [-0.15, -0.1) is 0 Å². The van der Waals surface area contributed by atoms with Crippen molar-refractivity contribution in [3.05, 3.63) is 17.5 Å². The van der Waals surface area contributed by atoms with Crippen LogP contribution in [0.2, 0.25) is 0 Å². The van der Waals surface area contributed by atoms with E-state index in [4.69, 9.17) is 5.73 Å². The van der Waals surface area contributed by atoms with Crippen molar-refractivity contribution in [2.75, 3.05) is 6.54 Å². The van der Waals surface area contributed by atoms with Crippen molar-refractivity contribution in [3.8, 4) is 0 Å². The lowest BCUT2D eigenvalue weighted by Gasteiger charge is -2.45. The molecule has 4 heteroatoms. The van der Waals surface area contributed by atoms with Crippen LogP contribution >= 0.6 is 0 Å². The van der Waals surface area contributed by atoms with E-state index in [9.17, 15) is 5.11 Å². The highest BCUT2D eigenvalue weighted by Gasteiger charge is 2.45. The third kappa shape index (κ3) is 2.08. The molecule has 4 nitrogen and oxygen atoms in total. The van der Waals surface area contributed by atoms with Gasteiger partial charge in [-0.05, 0) is 12.8 Å². The zero-order valence-electron chi connectivity index (χ0n) is 11.9. The third-order valence-corrected chi connectivity index (χ3v) is 4.20. The fraction of sp³-hybridized carbons (Fsp3) is 0.786. The van der Waals surface area contributed by atoms with Crippen molar-refractivity contribution in [1.29, 1.82) is 0 Å².